The van der Waals surface area contributed by atoms with E-state index in [0.29, 0.717) is 31.3 Å². The van der Waals surface area contributed by atoms with Gasteiger partial charge in [0.2, 0.25) is 5.91 Å². The van der Waals surface area contributed by atoms with Crippen LogP contribution in [0.25, 0.3) is 0 Å². The van der Waals surface area contributed by atoms with Crippen molar-refractivity contribution < 1.29 is 4.79 Å². The van der Waals surface area contributed by atoms with E-state index in [1.807, 2.05) is 6.07 Å². The second-order valence-corrected chi connectivity index (χ2v) is 5.48. The van der Waals surface area contributed by atoms with Gasteiger partial charge in [0, 0.05) is 36.1 Å². The Bertz CT molecular complexity index is 310. The molecule has 0 aliphatic rings. The normalized spacial score (nSPS) is 10.5. The Hall–Kier alpha value is -0.250. The first-order valence-electron chi connectivity index (χ1n) is 5.70. The lowest BCUT2D eigenvalue weighted by Gasteiger charge is -2.20. The molecule has 0 radical (unpaired) electrons. The Kier molecular flexibility index (Phi) is 7.65. The largest absolute Gasteiger partial charge is 0.340 e. The van der Waals surface area contributed by atoms with Crippen molar-refractivity contribution in [3.8, 4) is 0 Å². The second-order valence-electron chi connectivity index (χ2n) is 3.69. The predicted octanol–water partition coefficient (Wildman–Crippen LogP) is 3.38. The maximum absolute atomic E-state index is 11.9. The van der Waals surface area contributed by atoms with Gasteiger partial charge >= 0.3 is 0 Å². The fraction of sp³-hybridized carbons (Fsp3) is 0.583. The van der Waals surface area contributed by atoms with Crippen molar-refractivity contribution in [1.82, 2.24) is 4.90 Å². The third kappa shape index (κ3) is 5.75. The molecular formula is C12H17Cl2NOS. The second kappa shape index (κ2) is 8.78. The number of carbonyl (C=O) groups excluding carboxylic acids is 1. The number of halogens is 2. The van der Waals surface area contributed by atoms with E-state index in [1.54, 1.807) is 16.2 Å². The standard InChI is InChI=1S/C12H17Cl2NOS/c13-6-8-15(9-7-14)12(16)5-1-3-11-4-2-10-17-11/h2,4,10H,1,3,5-9H2. The van der Waals surface area contributed by atoms with Crippen LogP contribution in [0, 0.1) is 0 Å². The average molecular weight is 294 g/mol. The third-order valence-corrected chi connectivity index (χ3v) is 3.73. The molecule has 0 atom stereocenters. The molecule has 96 valence electrons. The average Bonchev–Trinajstić information content (AvgIpc) is 2.81. The van der Waals surface area contributed by atoms with E-state index in [-0.39, 0.29) is 5.91 Å². The molecule has 1 aromatic heterocycles. The SMILES string of the molecule is O=C(CCCc1cccs1)N(CCCl)CCCl. The van der Waals surface area contributed by atoms with Crippen molar-refractivity contribution in [3.63, 3.8) is 0 Å². The molecule has 0 N–H and O–H groups in total. The Morgan fingerprint density at radius 3 is 2.53 bits per heavy atom. The number of hydrogen-bond donors (Lipinski definition) is 0. The lowest BCUT2D eigenvalue weighted by Crippen LogP contribution is -2.34. The highest BCUT2D eigenvalue weighted by molar-refractivity contribution is 7.09. The number of rotatable bonds is 8. The third-order valence-electron chi connectivity index (χ3n) is 2.46. The van der Waals surface area contributed by atoms with Gasteiger partial charge in [0.15, 0.2) is 0 Å². The summed E-state index contributed by atoms with van der Waals surface area (Å²) in [7, 11) is 0. The van der Waals surface area contributed by atoms with Crippen molar-refractivity contribution in [2.24, 2.45) is 0 Å². The van der Waals surface area contributed by atoms with Gasteiger partial charge < -0.3 is 4.90 Å². The zero-order valence-electron chi connectivity index (χ0n) is 9.70. The van der Waals surface area contributed by atoms with Crippen LogP contribution in [0.5, 0.6) is 0 Å². The van der Waals surface area contributed by atoms with Gasteiger partial charge in [-0.15, -0.1) is 34.5 Å². The van der Waals surface area contributed by atoms with Crippen LogP contribution in [0.2, 0.25) is 0 Å². The fourth-order valence-electron chi connectivity index (χ4n) is 1.59. The van der Waals surface area contributed by atoms with E-state index >= 15 is 0 Å². The molecule has 0 spiro atoms. The Morgan fingerprint density at radius 2 is 2.00 bits per heavy atom. The smallest absolute Gasteiger partial charge is 0.222 e. The highest BCUT2D eigenvalue weighted by Crippen LogP contribution is 2.12. The van der Waals surface area contributed by atoms with E-state index in [2.05, 4.69) is 11.4 Å². The van der Waals surface area contributed by atoms with Gasteiger partial charge in [-0.25, -0.2) is 0 Å². The van der Waals surface area contributed by atoms with E-state index in [1.165, 1.54) is 4.88 Å². The molecule has 0 unspecified atom stereocenters. The van der Waals surface area contributed by atoms with E-state index in [0.717, 1.165) is 12.8 Å². The number of aryl methyl sites for hydroxylation is 1. The van der Waals surface area contributed by atoms with Crippen molar-refractivity contribution in [3.05, 3.63) is 22.4 Å². The topological polar surface area (TPSA) is 20.3 Å². The van der Waals surface area contributed by atoms with Crippen molar-refractivity contribution >= 4 is 40.4 Å². The number of nitrogens with zero attached hydrogens (tertiary/aromatic N) is 1. The number of carbonyl (C=O) groups is 1. The maximum Gasteiger partial charge on any atom is 0.222 e. The molecule has 0 saturated heterocycles. The van der Waals surface area contributed by atoms with Crippen molar-refractivity contribution in [2.75, 3.05) is 24.8 Å². The molecule has 0 saturated carbocycles. The summed E-state index contributed by atoms with van der Waals surface area (Å²) in [6.07, 6.45) is 2.44. The molecule has 0 aromatic carbocycles. The van der Waals surface area contributed by atoms with Gasteiger partial charge in [-0.2, -0.15) is 0 Å². The molecule has 0 bridgehead atoms. The van der Waals surface area contributed by atoms with Gasteiger partial charge in [0.1, 0.15) is 0 Å². The Labute approximate surface area is 117 Å². The maximum atomic E-state index is 11.9. The minimum Gasteiger partial charge on any atom is -0.340 e. The van der Waals surface area contributed by atoms with E-state index < -0.39 is 0 Å². The molecule has 2 nitrogen and oxygen atoms in total. The summed E-state index contributed by atoms with van der Waals surface area (Å²) in [4.78, 5) is 14.9. The summed E-state index contributed by atoms with van der Waals surface area (Å²) in [5.74, 6) is 1.09. The van der Waals surface area contributed by atoms with Gasteiger partial charge in [-0.3, -0.25) is 4.79 Å². The van der Waals surface area contributed by atoms with Crippen LogP contribution in [0.3, 0.4) is 0 Å². The Morgan fingerprint density at radius 1 is 1.29 bits per heavy atom. The van der Waals surface area contributed by atoms with Crippen LogP contribution in [0.15, 0.2) is 17.5 Å². The van der Waals surface area contributed by atoms with Crippen LogP contribution in [-0.4, -0.2) is 35.7 Å². The molecule has 0 aliphatic carbocycles. The minimum absolute atomic E-state index is 0.155. The quantitative estimate of drug-likeness (QED) is 0.673. The van der Waals surface area contributed by atoms with Gasteiger partial charge in [0.25, 0.3) is 0 Å². The lowest BCUT2D eigenvalue weighted by atomic mass is 10.2. The summed E-state index contributed by atoms with van der Waals surface area (Å²) >= 11 is 13.0. The molecule has 17 heavy (non-hydrogen) atoms. The van der Waals surface area contributed by atoms with Gasteiger partial charge in [-0.05, 0) is 24.3 Å². The number of thiophene rings is 1. The molecule has 5 heteroatoms. The van der Waals surface area contributed by atoms with Crippen molar-refractivity contribution in [1.29, 1.82) is 0 Å². The van der Waals surface area contributed by atoms with Crippen LogP contribution in [0.1, 0.15) is 17.7 Å². The Balaban J connectivity index is 2.26. The highest BCUT2D eigenvalue weighted by atomic mass is 35.5. The van der Waals surface area contributed by atoms with Gasteiger partial charge in [-0.1, -0.05) is 6.07 Å². The van der Waals surface area contributed by atoms with E-state index in [9.17, 15) is 4.79 Å². The van der Waals surface area contributed by atoms with Crippen LogP contribution in [0.4, 0.5) is 0 Å². The van der Waals surface area contributed by atoms with Crippen LogP contribution in [-0.2, 0) is 11.2 Å². The van der Waals surface area contributed by atoms with Crippen LogP contribution >= 0.6 is 34.5 Å². The molecule has 1 rings (SSSR count). The zero-order chi connectivity index (χ0) is 12.5. The summed E-state index contributed by atoms with van der Waals surface area (Å²) in [6, 6.07) is 4.14. The van der Waals surface area contributed by atoms with Gasteiger partial charge in [0.05, 0.1) is 0 Å². The highest BCUT2D eigenvalue weighted by Gasteiger charge is 2.11. The molecule has 1 aromatic rings. The summed E-state index contributed by atoms with van der Waals surface area (Å²) in [5.41, 5.74) is 0. The van der Waals surface area contributed by atoms with Crippen molar-refractivity contribution in [2.45, 2.75) is 19.3 Å². The zero-order valence-corrected chi connectivity index (χ0v) is 12.0. The number of hydrogen-bond acceptors (Lipinski definition) is 2. The first-order valence-corrected chi connectivity index (χ1v) is 7.65. The summed E-state index contributed by atoms with van der Waals surface area (Å²) < 4.78 is 0. The number of alkyl halides is 2. The van der Waals surface area contributed by atoms with Crippen LogP contribution < -0.4 is 0 Å². The molecular weight excluding hydrogens is 277 g/mol. The molecule has 1 amide bonds. The fourth-order valence-corrected chi connectivity index (χ4v) is 2.75. The predicted molar refractivity (Wildman–Crippen MR) is 75.3 cm³/mol. The minimum atomic E-state index is 0.155. The molecule has 1 heterocycles. The molecule has 0 aliphatic heterocycles. The summed E-state index contributed by atoms with van der Waals surface area (Å²) in [6.45, 7) is 1.18. The monoisotopic (exact) mass is 293 g/mol. The summed E-state index contributed by atoms with van der Waals surface area (Å²) in [5, 5.41) is 2.06. The number of amides is 1. The first-order chi connectivity index (χ1) is 8.27. The lowest BCUT2D eigenvalue weighted by molar-refractivity contribution is -0.130. The van der Waals surface area contributed by atoms with E-state index in [4.69, 9.17) is 23.2 Å². The molecule has 0 fully saturated rings. The first kappa shape index (κ1) is 14.8.